The molecule has 2 saturated heterocycles. The van der Waals surface area contributed by atoms with Gasteiger partial charge < -0.3 is 49.8 Å². The van der Waals surface area contributed by atoms with Gasteiger partial charge in [0.1, 0.15) is 39.9 Å². The van der Waals surface area contributed by atoms with Gasteiger partial charge in [0.15, 0.2) is 5.75 Å². The number of carbonyl (C=O) groups is 4. The van der Waals surface area contributed by atoms with Crippen LogP contribution in [-0.2, 0) is 23.9 Å². The second-order valence-electron chi connectivity index (χ2n) is 21.3. The highest BCUT2D eigenvalue weighted by atomic mass is 16.7. The van der Waals surface area contributed by atoms with Crippen molar-refractivity contribution in [2.24, 2.45) is 51.4 Å². The molecule has 6 aliphatic rings. The Hall–Kier alpha value is -5.32. The number of likely N-dealkylation sites (tertiary alicyclic amines) is 2. The summed E-state index contributed by atoms with van der Waals surface area (Å²) in [6, 6.07) is 0. The minimum Gasteiger partial charge on any atom is -0.507 e. The molecule has 1 unspecified atom stereocenters. The lowest BCUT2D eigenvalue weighted by molar-refractivity contribution is -0.169. The van der Waals surface area contributed by atoms with Crippen molar-refractivity contribution >= 4 is 40.0 Å². The fourth-order valence-corrected chi connectivity index (χ4v) is 11.1. The number of nitrogens with one attached hydrogen (secondary N) is 1. The van der Waals surface area contributed by atoms with E-state index in [-0.39, 0.29) is 61.5 Å². The van der Waals surface area contributed by atoms with Crippen molar-refractivity contribution in [2.75, 3.05) is 38.0 Å². The second kappa shape index (κ2) is 20.8. The number of amides is 2. The first-order valence-corrected chi connectivity index (χ1v) is 25.4. The average Bonchev–Trinajstić information content (AvgIpc) is 3.84. The van der Waals surface area contributed by atoms with Gasteiger partial charge in [0.25, 0.3) is 11.7 Å². The summed E-state index contributed by atoms with van der Waals surface area (Å²) in [4.78, 5) is 70.1. The summed E-state index contributed by atoms with van der Waals surface area (Å²) < 4.78 is 19.0. The quantitative estimate of drug-likeness (QED) is 0.121. The molecular weight excluding hydrogens is 895 g/mol. The molecule has 8 rings (SSSR count). The first-order chi connectivity index (χ1) is 33.0. The minimum absolute atomic E-state index is 0.0622. The summed E-state index contributed by atoms with van der Waals surface area (Å²) in [6.45, 7) is 23.1. The number of aliphatic hydroxyl groups is 2. The zero-order valence-electron chi connectivity index (χ0n) is 42.9. The third-order valence-corrected chi connectivity index (χ3v) is 15.7. The van der Waals surface area contributed by atoms with Crippen LogP contribution in [0.5, 0.6) is 17.2 Å². The van der Waals surface area contributed by atoms with E-state index >= 15 is 0 Å². The van der Waals surface area contributed by atoms with Crippen LogP contribution in [0.15, 0.2) is 46.1 Å². The predicted molar refractivity (Wildman–Crippen MR) is 265 cm³/mol. The van der Waals surface area contributed by atoms with E-state index < -0.39 is 82.8 Å². The summed E-state index contributed by atoms with van der Waals surface area (Å²) in [6.07, 6.45) is 9.25. The van der Waals surface area contributed by atoms with Gasteiger partial charge in [0.2, 0.25) is 5.91 Å². The number of phenols is 2. The fraction of sp³-hybridized carbons (Fsp3) is 0.630. The third kappa shape index (κ3) is 9.97. The zero-order chi connectivity index (χ0) is 51.1. The van der Waals surface area contributed by atoms with Crippen molar-refractivity contribution in [1.82, 2.24) is 9.80 Å². The van der Waals surface area contributed by atoms with E-state index in [1.54, 1.807) is 70.7 Å². The topological polar surface area (TPSA) is 220 Å². The van der Waals surface area contributed by atoms with Crippen molar-refractivity contribution in [3.05, 3.63) is 58.0 Å². The van der Waals surface area contributed by atoms with Gasteiger partial charge >= 0.3 is 11.8 Å². The van der Waals surface area contributed by atoms with E-state index in [1.807, 2.05) is 13.8 Å². The number of aliphatic hydroxyl groups excluding tert-OH is 2. The van der Waals surface area contributed by atoms with Crippen LogP contribution < -0.4 is 20.8 Å². The van der Waals surface area contributed by atoms with Crippen molar-refractivity contribution in [3.63, 3.8) is 0 Å². The normalized spacial score (nSPS) is 31.7. The minimum atomic E-state index is -1.95. The number of piperidine rings is 2. The summed E-state index contributed by atoms with van der Waals surface area (Å²) in [7, 11) is 0. The van der Waals surface area contributed by atoms with E-state index in [2.05, 4.69) is 29.1 Å². The zero-order valence-corrected chi connectivity index (χ0v) is 42.9. The first-order valence-electron chi connectivity index (χ1n) is 25.4. The number of fused-ring (bicyclic) bond motifs is 13. The van der Waals surface area contributed by atoms with E-state index in [0.29, 0.717) is 44.0 Å². The molecule has 2 aromatic rings. The van der Waals surface area contributed by atoms with Gasteiger partial charge in [-0.1, -0.05) is 66.7 Å². The van der Waals surface area contributed by atoms with Crippen molar-refractivity contribution in [1.29, 1.82) is 0 Å². The Morgan fingerprint density at radius 3 is 2.21 bits per heavy atom. The number of hydrogen-bond donors (Lipinski definition) is 5. The molecule has 0 aromatic heterocycles. The number of aromatic hydroxyl groups is 2. The summed E-state index contributed by atoms with van der Waals surface area (Å²) in [5.74, 6) is -8.52. The van der Waals surface area contributed by atoms with Gasteiger partial charge in [0, 0.05) is 86.8 Å². The number of hydrogen-bond acceptors (Lipinski definition) is 14. The molecule has 0 aliphatic carbocycles. The summed E-state index contributed by atoms with van der Waals surface area (Å²) in [5, 5.41) is 51.5. The molecule has 0 radical (unpaired) electrons. The van der Waals surface area contributed by atoms with Crippen LogP contribution in [0.3, 0.4) is 0 Å². The van der Waals surface area contributed by atoms with Gasteiger partial charge in [-0.2, -0.15) is 0 Å². The molecule has 6 heterocycles. The van der Waals surface area contributed by atoms with E-state index in [0.717, 1.165) is 38.9 Å². The molecule has 2 aromatic carbocycles. The molecule has 5 N–H and O–H groups in total. The smallest absolute Gasteiger partial charge is 0.318 e. The number of ether oxygens (including phenoxy) is 3. The Morgan fingerprint density at radius 2 is 1.57 bits per heavy atom. The number of Topliss-reactive ketones (excluding diaryl/α,β-unsaturated/α-hetero) is 1. The van der Waals surface area contributed by atoms with Crippen LogP contribution in [0.4, 0.5) is 5.69 Å². The highest BCUT2D eigenvalue weighted by molar-refractivity contribution is 6.21. The number of allylic oxidation sites excluding steroid dienone is 3. The first kappa shape index (κ1) is 52.5. The lowest BCUT2D eigenvalue weighted by Gasteiger charge is -2.39. The van der Waals surface area contributed by atoms with Gasteiger partial charge in [-0.05, 0) is 70.3 Å². The summed E-state index contributed by atoms with van der Waals surface area (Å²) >= 11 is 0. The molecule has 382 valence electrons. The molecular formula is C54H75N5O11. The maximum atomic E-state index is 15.0. The number of nitrogens with zero attached hydrogens (tertiary/aromatic N) is 4. The molecule has 10 atom stereocenters. The molecule has 16 nitrogen and oxygen atoms in total. The molecule has 70 heavy (non-hydrogen) atoms. The molecule has 0 saturated carbocycles. The molecule has 2 fully saturated rings. The average molecular weight is 970 g/mol. The van der Waals surface area contributed by atoms with Crippen LogP contribution in [0.2, 0.25) is 0 Å². The maximum Gasteiger partial charge on any atom is 0.318 e. The number of ketones is 1. The van der Waals surface area contributed by atoms with Crippen LogP contribution >= 0.6 is 0 Å². The van der Waals surface area contributed by atoms with Crippen LogP contribution in [0.1, 0.15) is 124 Å². The maximum absolute atomic E-state index is 15.0. The van der Waals surface area contributed by atoms with Gasteiger partial charge in [-0.15, -0.1) is 0 Å². The van der Waals surface area contributed by atoms with Crippen molar-refractivity contribution < 1.29 is 53.8 Å². The SMILES string of the molecule is CC[C@H]1/C=C/O[C@@]2(C)Oc3c(C)c(O)c4c(O)c(c5c(c4c3C2=O)NC2(CCN(CC(C)C)CC2)N=5)=NC(=O)/C(C)=C\C=C\[C@H](C)[C@H](O)[C@@H](C)[C@@H](O)[C@@H](C)[C@H](OC(=O)C(C)C(=O)N2CCCCC2)[C@@H]1C. The van der Waals surface area contributed by atoms with E-state index in [1.165, 1.54) is 13.2 Å². The van der Waals surface area contributed by atoms with Crippen molar-refractivity contribution in [2.45, 2.75) is 144 Å². The Bertz CT molecular complexity index is 2590. The number of benzene rings is 2. The van der Waals surface area contributed by atoms with E-state index in [4.69, 9.17) is 19.2 Å². The van der Waals surface area contributed by atoms with Crippen LogP contribution in [-0.4, -0.2) is 116 Å². The number of rotatable bonds is 6. The standard InChI is InChI=1S/C54H75N5O11/c1-12-36-19-26-68-53(11)49(64)39-37-38(45(62)34(9)48(39)70-53)46(63)42(41-40(37)56-54(57-41)20-24-58(25-21-54)27-28(2)3)55-50(65)30(5)18-16-17-29(4)43(60)32(7)44(61)33(8)47(31(36)6)69-52(67)35(10)51(66)59-22-14-13-15-23-59/h16-19,26,28-29,31-33,35-36,43-44,47,56,60-63H,12-15,20-25,27H2,1-11H3/b17-16+,26-19+,30-18-,55-42?/t29-,31+,32+,33+,35?,36-,43-,44+,47+,53-/m0/s1. The van der Waals surface area contributed by atoms with Crippen LogP contribution in [0.25, 0.3) is 10.8 Å². The Morgan fingerprint density at radius 1 is 0.900 bits per heavy atom. The fourth-order valence-electron chi connectivity index (χ4n) is 11.1. The monoisotopic (exact) mass is 970 g/mol. The number of esters is 1. The predicted octanol–water partition coefficient (Wildman–Crippen LogP) is 6.39. The van der Waals surface area contributed by atoms with Gasteiger partial charge in [-0.25, -0.2) is 4.99 Å². The Kier molecular flexibility index (Phi) is 15.6. The number of anilines is 1. The third-order valence-electron chi connectivity index (χ3n) is 15.7. The molecule has 2 amide bonds. The highest BCUT2D eigenvalue weighted by Gasteiger charge is 2.51. The molecule has 5 bridgehead atoms. The highest BCUT2D eigenvalue weighted by Crippen LogP contribution is 2.51. The van der Waals surface area contributed by atoms with Gasteiger partial charge in [0.05, 0.1) is 35.1 Å². The van der Waals surface area contributed by atoms with Crippen molar-refractivity contribution in [3.8, 4) is 17.2 Å². The lowest BCUT2D eigenvalue weighted by atomic mass is 9.76. The van der Waals surface area contributed by atoms with Crippen LogP contribution in [0, 0.1) is 48.3 Å². The Balaban J connectivity index is 1.34. The largest absolute Gasteiger partial charge is 0.507 e. The summed E-state index contributed by atoms with van der Waals surface area (Å²) in [5.41, 5.74) is -0.115. The molecule has 16 heteroatoms. The number of carbonyl (C=O) groups excluding carboxylic acids is 4. The van der Waals surface area contributed by atoms with E-state index in [9.17, 15) is 39.6 Å². The lowest BCUT2D eigenvalue weighted by Crippen LogP contribution is -2.47. The number of phenolic OH excluding ortho intramolecular Hbond substituents is 2. The molecule has 6 aliphatic heterocycles. The van der Waals surface area contributed by atoms with Gasteiger partial charge in [-0.3, -0.25) is 24.2 Å². The Labute approximate surface area is 411 Å². The molecule has 1 spiro atoms. The second-order valence-corrected chi connectivity index (χ2v) is 21.3.